The molecule has 16 heavy (non-hydrogen) atoms. The summed E-state index contributed by atoms with van der Waals surface area (Å²) in [7, 11) is 0. The van der Waals surface area contributed by atoms with Gasteiger partial charge in [-0.2, -0.15) is 10.1 Å². The van der Waals surface area contributed by atoms with E-state index in [1.807, 2.05) is 0 Å². The van der Waals surface area contributed by atoms with Crippen LogP contribution in [0.4, 0.5) is 5.69 Å². The second-order valence-corrected chi connectivity index (χ2v) is 4.07. The average Bonchev–Trinajstić information content (AvgIpc) is 2.53. The van der Waals surface area contributed by atoms with Crippen LogP contribution >= 0.6 is 23.2 Å². The second-order valence-electron chi connectivity index (χ2n) is 3.32. The minimum atomic E-state index is 0.131. The van der Waals surface area contributed by atoms with Gasteiger partial charge in [0.2, 0.25) is 5.28 Å². The van der Waals surface area contributed by atoms with E-state index >= 15 is 0 Å². The number of nitrogens with two attached hydrogens (primary N) is 1. The average molecular weight is 258 g/mol. The molecule has 0 radical (unpaired) electrons. The molecule has 0 unspecified atom stereocenters. The van der Waals surface area contributed by atoms with Crippen molar-refractivity contribution in [2.45, 2.75) is 13.8 Å². The molecule has 7 heteroatoms. The first-order chi connectivity index (χ1) is 7.49. The van der Waals surface area contributed by atoms with Crippen molar-refractivity contribution in [1.82, 2.24) is 19.7 Å². The number of hydrogen-bond acceptors (Lipinski definition) is 4. The summed E-state index contributed by atoms with van der Waals surface area (Å²) >= 11 is 11.7. The Kier molecular flexibility index (Phi) is 2.73. The molecule has 0 aliphatic heterocycles. The Morgan fingerprint density at radius 2 is 1.88 bits per heavy atom. The minimum Gasteiger partial charge on any atom is -0.394 e. The SMILES string of the molecule is Cc1nn(-c2nc(Cl)nc(C)c2N)cc1Cl. The number of aromatic nitrogens is 4. The molecule has 2 aromatic heterocycles. The molecule has 2 heterocycles. The largest absolute Gasteiger partial charge is 0.394 e. The predicted molar refractivity (Wildman–Crippen MR) is 63.1 cm³/mol. The zero-order chi connectivity index (χ0) is 11.9. The van der Waals surface area contributed by atoms with Gasteiger partial charge in [0.25, 0.3) is 0 Å². The number of halogens is 2. The number of rotatable bonds is 1. The lowest BCUT2D eigenvalue weighted by Crippen LogP contribution is -2.07. The van der Waals surface area contributed by atoms with Crippen LogP contribution in [0.25, 0.3) is 5.82 Å². The number of anilines is 1. The van der Waals surface area contributed by atoms with E-state index < -0.39 is 0 Å². The molecule has 0 atom stereocenters. The predicted octanol–water partition coefficient (Wildman–Crippen LogP) is 2.17. The summed E-state index contributed by atoms with van der Waals surface area (Å²) in [5.74, 6) is 0.438. The summed E-state index contributed by atoms with van der Waals surface area (Å²) in [4.78, 5) is 7.97. The minimum absolute atomic E-state index is 0.131. The second kappa shape index (κ2) is 3.92. The summed E-state index contributed by atoms with van der Waals surface area (Å²) in [6.07, 6.45) is 1.63. The van der Waals surface area contributed by atoms with Crippen LogP contribution in [0.15, 0.2) is 6.20 Å². The van der Waals surface area contributed by atoms with Crippen LogP contribution in [-0.2, 0) is 0 Å². The summed E-state index contributed by atoms with van der Waals surface area (Å²) < 4.78 is 1.49. The molecule has 0 saturated carbocycles. The first-order valence-corrected chi connectivity index (χ1v) is 5.26. The third-order valence-corrected chi connectivity index (χ3v) is 2.68. The maximum Gasteiger partial charge on any atom is 0.224 e. The fourth-order valence-corrected chi connectivity index (χ4v) is 1.59. The molecule has 2 rings (SSSR count). The van der Waals surface area contributed by atoms with Crippen molar-refractivity contribution < 1.29 is 0 Å². The molecule has 0 spiro atoms. The van der Waals surface area contributed by atoms with E-state index in [9.17, 15) is 0 Å². The molecule has 0 amide bonds. The molecular formula is C9H9Cl2N5. The van der Waals surface area contributed by atoms with E-state index in [2.05, 4.69) is 15.1 Å². The maximum atomic E-state index is 5.91. The molecule has 0 fully saturated rings. The van der Waals surface area contributed by atoms with Crippen LogP contribution in [0.2, 0.25) is 10.3 Å². The maximum absolute atomic E-state index is 5.91. The Bertz CT molecular complexity index is 530. The lowest BCUT2D eigenvalue weighted by atomic mass is 10.3. The van der Waals surface area contributed by atoms with Gasteiger partial charge in [0, 0.05) is 0 Å². The Morgan fingerprint density at radius 3 is 2.44 bits per heavy atom. The lowest BCUT2D eigenvalue weighted by molar-refractivity contribution is 0.826. The van der Waals surface area contributed by atoms with Gasteiger partial charge in [0.1, 0.15) is 0 Å². The van der Waals surface area contributed by atoms with Gasteiger partial charge in [0.05, 0.1) is 28.3 Å². The van der Waals surface area contributed by atoms with Gasteiger partial charge in [-0.3, -0.25) is 0 Å². The Balaban J connectivity index is 2.63. The van der Waals surface area contributed by atoms with Crippen molar-refractivity contribution in [1.29, 1.82) is 0 Å². The monoisotopic (exact) mass is 257 g/mol. The van der Waals surface area contributed by atoms with Crippen molar-refractivity contribution in [3.8, 4) is 5.82 Å². The van der Waals surface area contributed by atoms with Gasteiger partial charge in [0.15, 0.2) is 5.82 Å². The zero-order valence-electron chi connectivity index (χ0n) is 8.70. The highest BCUT2D eigenvalue weighted by atomic mass is 35.5. The van der Waals surface area contributed by atoms with Crippen LogP contribution < -0.4 is 5.73 Å². The van der Waals surface area contributed by atoms with Crippen molar-refractivity contribution in [3.63, 3.8) is 0 Å². The number of hydrogen-bond donors (Lipinski definition) is 1. The van der Waals surface area contributed by atoms with Gasteiger partial charge in [-0.1, -0.05) is 11.6 Å². The van der Waals surface area contributed by atoms with Crippen LogP contribution in [0.3, 0.4) is 0 Å². The van der Waals surface area contributed by atoms with E-state index in [1.165, 1.54) is 4.68 Å². The molecule has 84 valence electrons. The van der Waals surface area contributed by atoms with Gasteiger partial charge >= 0.3 is 0 Å². The molecule has 2 N–H and O–H groups in total. The van der Waals surface area contributed by atoms with Crippen LogP contribution in [-0.4, -0.2) is 19.7 Å². The fourth-order valence-electron chi connectivity index (χ4n) is 1.26. The number of nitrogens with zero attached hydrogens (tertiary/aromatic N) is 4. The molecule has 0 saturated heterocycles. The number of nitrogen functional groups attached to an aromatic ring is 1. The summed E-state index contributed by atoms with van der Waals surface area (Å²) in [5, 5.41) is 4.86. The summed E-state index contributed by atoms with van der Waals surface area (Å²) in [6.45, 7) is 3.55. The van der Waals surface area contributed by atoms with Crippen molar-refractivity contribution >= 4 is 28.9 Å². The van der Waals surface area contributed by atoms with Gasteiger partial charge in [-0.25, -0.2) is 9.67 Å². The third kappa shape index (κ3) is 1.83. The Morgan fingerprint density at radius 1 is 1.19 bits per heavy atom. The topological polar surface area (TPSA) is 69.6 Å². The molecule has 0 aliphatic rings. The number of aryl methyl sites for hydroxylation is 2. The Labute approximate surface area is 102 Å². The molecule has 5 nitrogen and oxygen atoms in total. The molecular weight excluding hydrogens is 249 g/mol. The first kappa shape index (κ1) is 11.2. The van der Waals surface area contributed by atoms with Crippen molar-refractivity contribution in [2.75, 3.05) is 5.73 Å². The first-order valence-electron chi connectivity index (χ1n) is 4.51. The van der Waals surface area contributed by atoms with Crippen molar-refractivity contribution in [3.05, 3.63) is 27.9 Å². The van der Waals surface area contributed by atoms with E-state index in [0.29, 0.717) is 27.9 Å². The van der Waals surface area contributed by atoms with Crippen LogP contribution in [0.1, 0.15) is 11.4 Å². The molecule has 0 bridgehead atoms. The molecule has 0 aromatic carbocycles. The standard InChI is InChI=1S/C9H9Cl2N5/c1-4-6(10)3-16(15-4)8-7(12)5(2)13-9(11)14-8/h3H,12H2,1-2H3. The van der Waals surface area contributed by atoms with Gasteiger partial charge < -0.3 is 5.73 Å². The fraction of sp³-hybridized carbons (Fsp3) is 0.222. The summed E-state index contributed by atoms with van der Waals surface area (Å²) in [6, 6.07) is 0. The quantitative estimate of drug-likeness (QED) is 0.796. The van der Waals surface area contributed by atoms with Gasteiger partial charge in [-0.05, 0) is 25.4 Å². The van der Waals surface area contributed by atoms with Crippen molar-refractivity contribution in [2.24, 2.45) is 0 Å². The van der Waals surface area contributed by atoms with E-state index in [4.69, 9.17) is 28.9 Å². The van der Waals surface area contributed by atoms with Crippen LogP contribution in [0, 0.1) is 13.8 Å². The molecule has 2 aromatic rings. The highest BCUT2D eigenvalue weighted by Crippen LogP contribution is 2.22. The Hall–Kier alpha value is -1.33. The smallest absolute Gasteiger partial charge is 0.224 e. The van der Waals surface area contributed by atoms with Gasteiger partial charge in [-0.15, -0.1) is 0 Å². The normalized spacial score (nSPS) is 10.8. The van der Waals surface area contributed by atoms with E-state index in [0.717, 1.165) is 0 Å². The third-order valence-electron chi connectivity index (χ3n) is 2.14. The molecule has 0 aliphatic carbocycles. The van der Waals surface area contributed by atoms with E-state index in [1.54, 1.807) is 20.0 Å². The zero-order valence-corrected chi connectivity index (χ0v) is 10.2. The van der Waals surface area contributed by atoms with E-state index in [-0.39, 0.29) is 5.28 Å². The highest BCUT2D eigenvalue weighted by Gasteiger charge is 2.12. The highest BCUT2D eigenvalue weighted by molar-refractivity contribution is 6.31. The van der Waals surface area contributed by atoms with Crippen LogP contribution in [0.5, 0.6) is 0 Å². The summed E-state index contributed by atoms with van der Waals surface area (Å²) in [5.41, 5.74) is 7.60. The lowest BCUT2D eigenvalue weighted by Gasteiger charge is -2.06.